The van der Waals surface area contributed by atoms with Crippen LogP contribution in [0, 0.1) is 15.0 Å². The lowest BCUT2D eigenvalue weighted by Crippen LogP contribution is -2.18. The Morgan fingerprint density at radius 1 is 1.73 bits per heavy atom. The minimum absolute atomic E-state index is 0.168. The van der Waals surface area contributed by atoms with Crippen LogP contribution in [0.1, 0.15) is 0 Å². The SMILES string of the molecule is O=[N+]1C=CC([N+](=O)[O-])C=C1Br. The average Bonchev–Trinajstić information content (AvgIpc) is 1.94. The van der Waals surface area contributed by atoms with Crippen molar-refractivity contribution in [2.24, 2.45) is 0 Å². The molecule has 1 rings (SSSR count). The topological polar surface area (TPSA) is 63.2 Å². The monoisotopic (exact) mass is 219 g/mol. The molecule has 58 valence electrons. The molecule has 0 N–H and O–H groups in total. The zero-order chi connectivity index (χ0) is 8.43. The summed E-state index contributed by atoms with van der Waals surface area (Å²) in [5.41, 5.74) is 0. The first-order valence-electron chi connectivity index (χ1n) is 2.77. The highest BCUT2D eigenvalue weighted by atomic mass is 79.9. The van der Waals surface area contributed by atoms with E-state index in [2.05, 4.69) is 15.9 Å². The number of nitrogens with zero attached hydrogens (tertiary/aromatic N) is 2. The smallest absolute Gasteiger partial charge is 0.264 e. The molecule has 1 aliphatic rings. The zero-order valence-corrected chi connectivity index (χ0v) is 6.89. The van der Waals surface area contributed by atoms with E-state index < -0.39 is 11.0 Å². The summed E-state index contributed by atoms with van der Waals surface area (Å²) in [5.74, 6) is 0. The standard InChI is InChI=1S/C5H4BrN2O3/c6-5-3-4(8(10)11)1-2-7(5)9/h1-4H/q+1. The van der Waals surface area contributed by atoms with Crippen LogP contribution in [0.3, 0.4) is 0 Å². The molecule has 1 aliphatic heterocycles. The quantitative estimate of drug-likeness (QED) is 0.288. The molecule has 1 atom stereocenters. The number of nitroso groups, excluding NO2 is 1. The van der Waals surface area contributed by atoms with Gasteiger partial charge >= 0.3 is 4.61 Å². The Balaban J connectivity index is 2.85. The molecule has 11 heavy (non-hydrogen) atoms. The van der Waals surface area contributed by atoms with Gasteiger partial charge in [-0.3, -0.25) is 10.1 Å². The van der Waals surface area contributed by atoms with E-state index in [9.17, 15) is 15.0 Å². The van der Waals surface area contributed by atoms with Gasteiger partial charge in [0.15, 0.2) is 0 Å². The van der Waals surface area contributed by atoms with Gasteiger partial charge in [0.2, 0.25) is 6.20 Å². The number of hydrogen-bond donors (Lipinski definition) is 0. The number of nitro groups is 1. The second-order valence-electron chi connectivity index (χ2n) is 1.93. The van der Waals surface area contributed by atoms with Crippen LogP contribution in [-0.2, 0) is 0 Å². The minimum atomic E-state index is -0.894. The molecule has 0 saturated carbocycles. The van der Waals surface area contributed by atoms with E-state index in [0.29, 0.717) is 4.76 Å². The van der Waals surface area contributed by atoms with Gasteiger partial charge in [-0.05, 0) is 0 Å². The third-order valence-corrected chi connectivity index (χ3v) is 1.79. The summed E-state index contributed by atoms with van der Waals surface area (Å²) in [6, 6.07) is -0.894. The maximum atomic E-state index is 10.7. The van der Waals surface area contributed by atoms with E-state index in [1.807, 2.05) is 0 Å². The van der Waals surface area contributed by atoms with E-state index in [-0.39, 0.29) is 4.61 Å². The van der Waals surface area contributed by atoms with E-state index in [1.54, 1.807) is 0 Å². The van der Waals surface area contributed by atoms with Gasteiger partial charge in [-0.15, -0.1) is 0 Å². The van der Waals surface area contributed by atoms with E-state index in [1.165, 1.54) is 12.2 Å². The fourth-order valence-electron chi connectivity index (χ4n) is 0.639. The van der Waals surface area contributed by atoms with Gasteiger partial charge in [-0.1, -0.05) is 0 Å². The lowest BCUT2D eigenvalue weighted by atomic mass is 10.2. The normalized spacial score (nSPS) is 23.2. The van der Waals surface area contributed by atoms with Crippen LogP contribution in [0.15, 0.2) is 23.0 Å². The Morgan fingerprint density at radius 2 is 2.36 bits per heavy atom. The average molecular weight is 220 g/mol. The van der Waals surface area contributed by atoms with Crippen molar-refractivity contribution < 1.29 is 9.68 Å². The van der Waals surface area contributed by atoms with Gasteiger partial charge in [0.05, 0.1) is 16.9 Å². The van der Waals surface area contributed by atoms with Crippen molar-refractivity contribution in [3.8, 4) is 0 Å². The summed E-state index contributed by atoms with van der Waals surface area (Å²) >= 11 is 2.88. The van der Waals surface area contributed by atoms with Gasteiger partial charge in [-0.25, -0.2) is 0 Å². The molecule has 0 aliphatic carbocycles. The second kappa shape index (κ2) is 2.91. The molecule has 0 radical (unpaired) electrons. The van der Waals surface area contributed by atoms with Gasteiger partial charge in [0, 0.05) is 25.8 Å². The number of halogens is 1. The Hall–Kier alpha value is -1.04. The molecule has 0 bridgehead atoms. The van der Waals surface area contributed by atoms with E-state index >= 15 is 0 Å². The highest BCUT2D eigenvalue weighted by Gasteiger charge is 2.26. The van der Waals surface area contributed by atoms with Crippen molar-refractivity contribution in [3.63, 3.8) is 0 Å². The molecule has 0 aromatic rings. The van der Waals surface area contributed by atoms with Gasteiger partial charge in [0.25, 0.3) is 6.04 Å². The maximum Gasteiger partial charge on any atom is 0.307 e. The molecule has 6 heteroatoms. The molecule has 0 spiro atoms. The van der Waals surface area contributed by atoms with Crippen LogP contribution < -0.4 is 0 Å². The summed E-state index contributed by atoms with van der Waals surface area (Å²) in [5, 5.41) is 10.2. The van der Waals surface area contributed by atoms with Crippen molar-refractivity contribution in [2.75, 3.05) is 0 Å². The van der Waals surface area contributed by atoms with E-state index in [0.717, 1.165) is 6.20 Å². The van der Waals surface area contributed by atoms with Gasteiger partial charge in [-0.2, -0.15) is 0 Å². The van der Waals surface area contributed by atoms with Gasteiger partial charge in [0.1, 0.15) is 0 Å². The lowest BCUT2D eigenvalue weighted by molar-refractivity contribution is -0.504. The van der Waals surface area contributed by atoms with Crippen LogP contribution in [0.25, 0.3) is 0 Å². The predicted octanol–water partition coefficient (Wildman–Crippen LogP) is 1.17. The van der Waals surface area contributed by atoms with Crippen LogP contribution >= 0.6 is 15.9 Å². The molecule has 0 aromatic carbocycles. The molecule has 0 fully saturated rings. The fourth-order valence-corrected chi connectivity index (χ4v) is 1.03. The molecule has 0 amide bonds. The fraction of sp³-hybridized carbons (Fsp3) is 0.200. The number of hydrogen-bond acceptors (Lipinski definition) is 3. The van der Waals surface area contributed by atoms with Crippen molar-refractivity contribution in [1.29, 1.82) is 0 Å². The molecule has 1 heterocycles. The Bertz CT molecular complexity index is 271. The molecule has 1 unspecified atom stereocenters. The highest BCUT2D eigenvalue weighted by Crippen LogP contribution is 2.14. The molecule has 0 aromatic heterocycles. The Morgan fingerprint density at radius 3 is 2.82 bits per heavy atom. The summed E-state index contributed by atoms with van der Waals surface area (Å²) < 4.78 is 0.682. The Labute approximate surface area is 70.2 Å². The zero-order valence-electron chi connectivity index (χ0n) is 5.31. The van der Waals surface area contributed by atoms with Crippen LogP contribution in [0.2, 0.25) is 0 Å². The molecule has 0 saturated heterocycles. The van der Waals surface area contributed by atoms with Crippen LogP contribution in [0.4, 0.5) is 0 Å². The predicted molar refractivity (Wildman–Crippen MR) is 40.6 cm³/mol. The maximum absolute atomic E-state index is 10.7. The number of rotatable bonds is 1. The minimum Gasteiger partial charge on any atom is -0.264 e. The summed E-state index contributed by atoms with van der Waals surface area (Å²) in [7, 11) is 0. The first kappa shape index (κ1) is 8.06. The van der Waals surface area contributed by atoms with Crippen LogP contribution in [0.5, 0.6) is 0 Å². The summed E-state index contributed by atoms with van der Waals surface area (Å²) in [6.07, 6.45) is 3.56. The first-order chi connectivity index (χ1) is 5.11. The van der Waals surface area contributed by atoms with Crippen LogP contribution in [-0.4, -0.2) is 15.7 Å². The summed E-state index contributed by atoms with van der Waals surface area (Å²) in [4.78, 5) is 20.3. The molecular formula is C5H4BrN2O3+. The van der Waals surface area contributed by atoms with E-state index in [4.69, 9.17) is 0 Å². The van der Waals surface area contributed by atoms with Crippen molar-refractivity contribution >= 4 is 15.9 Å². The van der Waals surface area contributed by atoms with Crippen molar-refractivity contribution in [3.05, 3.63) is 38.0 Å². The van der Waals surface area contributed by atoms with Gasteiger partial charge < -0.3 is 0 Å². The summed E-state index contributed by atoms with van der Waals surface area (Å²) in [6.45, 7) is 0. The van der Waals surface area contributed by atoms with Crippen molar-refractivity contribution in [2.45, 2.75) is 6.04 Å². The largest absolute Gasteiger partial charge is 0.307 e. The third kappa shape index (κ3) is 1.70. The molecular weight excluding hydrogens is 216 g/mol. The van der Waals surface area contributed by atoms with Crippen molar-refractivity contribution in [1.82, 2.24) is 0 Å². The third-order valence-electron chi connectivity index (χ3n) is 1.18. The Kier molecular flexibility index (Phi) is 2.13. The molecule has 5 nitrogen and oxygen atoms in total. The first-order valence-corrected chi connectivity index (χ1v) is 3.56. The highest BCUT2D eigenvalue weighted by molar-refractivity contribution is 9.11. The lowest BCUT2D eigenvalue weighted by Gasteiger charge is -1.98. The second-order valence-corrected chi connectivity index (χ2v) is 2.75.